The van der Waals surface area contributed by atoms with Crippen LogP contribution in [-0.4, -0.2) is 36.4 Å². The molecule has 1 heterocycles. The molecule has 1 aromatic heterocycles. The molecule has 0 radical (unpaired) electrons. The number of carbonyl (C=O) groups is 3. The Morgan fingerprint density at radius 1 is 1.15 bits per heavy atom. The monoisotopic (exact) mass is 365 g/mol. The Morgan fingerprint density at radius 3 is 2.42 bits per heavy atom. The van der Waals surface area contributed by atoms with E-state index in [4.69, 9.17) is 9.47 Å². The Balaban J connectivity index is 2.16. The number of ketones is 1. The van der Waals surface area contributed by atoms with E-state index in [1.807, 2.05) is 0 Å². The van der Waals surface area contributed by atoms with Crippen LogP contribution in [0.2, 0.25) is 0 Å². The Labute approximate surface area is 148 Å². The zero-order valence-corrected chi connectivity index (χ0v) is 14.4. The first-order valence-electron chi connectivity index (χ1n) is 7.75. The lowest BCUT2D eigenvalue weighted by molar-refractivity contribution is 0.0467. The van der Waals surface area contributed by atoms with E-state index in [0.717, 1.165) is 12.1 Å². The topological polar surface area (TPSA) is 85.5 Å². The van der Waals surface area contributed by atoms with E-state index in [1.54, 1.807) is 13.8 Å². The minimum atomic E-state index is -1.04. The maximum Gasteiger partial charge on any atom is 0.355 e. The van der Waals surface area contributed by atoms with Crippen molar-refractivity contribution in [3.63, 3.8) is 0 Å². The summed E-state index contributed by atoms with van der Waals surface area (Å²) >= 11 is 0. The summed E-state index contributed by atoms with van der Waals surface area (Å²) in [6, 6.07) is 2.48. The van der Waals surface area contributed by atoms with Crippen molar-refractivity contribution in [1.82, 2.24) is 4.98 Å². The predicted molar refractivity (Wildman–Crippen MR) is 87.2 cm³/mol. The lowest BCUT2D eigenvalue weighted by atomic mass is 10.1. The number of benzene rings is 1. The van der Waals surface area contributed by atoms with Gasteiger partial charge < -0.3 is 14.5 Å². The van der Waals surface area contributed by atoms with Crippen LogP contribution in [0.3, 0.4) is 0 Å². The highest BCUT2D eigenvalue weighted by molar-refractivity contribution is 6.01. The fraction of sp³-hybridized carbons (Fsp3) is 0.278. The second-order valence-corrected chi connectivity index (χ2v) is 5.45. The van der Waals surface area contributed by atoms with Gasteiger partial charge in [0.25, 0.3) is 0 Å². The number of nitrogens with one attached hydrogen (secondary N) is 1. The zero-order chi connectivity index (χ0) is 19.4. The fourth-order valence-electron chi connectivity index (χ4n) is 2.50. The van der Waals surface area contributed by atoms with Crippen LogP contribution in [0.4, 0.5) is 8.78 Å². The van der Waals surface area contributed by atoms with Crippen LogP contribution in [0, 0.1) is 18.6 Å². The summed E-state index contributed by atoms with van der Waals surface area (Å²) in [5.41, 5.74) is 0.690. The minimum Gasteiger partial charge on any atom is -0.465 e. The number of ether oxygens (including phenoxy) is 2. The van der Waals surface area contributed by atoms with Crippen molar-refractivity contribution < 1.29 is 32.6 Å². The summed E-state index contributed by atoms with van der Waals surface area (Å²) in [5, 5.41) is 0. The van der Waals surface area contributed by atoms with Crippen molar-refractivity contribution >= 4 is 17.7 Å². The molecule has 2 aromatic rings. The van der Waals surface area contributed by atoms with Gasteiger partial charge in [-0.15, -0.1) is 0 Å². The van der Waals surface area contributed by atoms with Gasteiger partial charge in [0, 0.05) is 11.8 Å². The van der Waals surface area contributed by atoms with Crippen molar-refractivity contribution in [1.29, 1.82) is 0 Å². The third kappa shape index (κ3) is 3.79. The van der Waals surface area contributed by atoms with Crippen molar-refractivity contribution in [3.8, 4) is 0 Å². The lowest BCUT2D eigenvalue weighted by Gasteiger charge is -2.05. The Kier molecular flexibility index (Phi) is 5.86. The molecule has 1 aromatic carbocycles. The summed E-state index contributed by atoms with van der Waals surface area (Å²) in [6.07, 6.45) is 0.443. The summed E-state index contributed by atoms with van der Waals surface area (Å²) in [6.45, 7) is 2.60. The number of hydrogen-bond acceptors (Lipinski definition) is 5. The number of aryl methyl sites for hydroxylation is 1. The molecule has 8 heteroatoms. The van der Waals surface area contributed by atoms with Crippen molar-refractivity contribution in [2.24, 2.45) is 0 Å². The van der Waals surface area contributed by atoms with Gasteiger partial charge in [-0.1, -0.05) is 6.92 Å². The molecule has 0 bridgehead atoms. The van der Waals surface area contributed by atoms with Crippen molar-refractivity contribution in [3.05, 3.63) is 57.9 Å². The van der Waals surface area contributed by atoms with Crippen molar-refractivity contribution in [2.45, 2.75) is 20.3 Å². The number of H-pyrrole nitrogens is 1. The summed E-state index contributed by atoms with van der Waals surface area (Å²) in [4.78, 5) is 38.8. The van der Waals surface area contributed by atoms with Crippen LogP contribution in [0.1, 0.15) is 49.4 Å². The smallest absolute Gasteiger partial charge is 0.355 e. The first-order valence-corrected chi connectivity index (χ1v) is 7.75. The summed E-state index contributed by atoms with van der Waals surface area (Å²) in [5.74, 6) is -4.14. The second-order valence-electron chi connectivity index (χ2n) is 5.45. The lowest BCUT2D eigenvalue weighted by Crippen LogP contribution is -2.16. The largest absolute Gasteiger partial charge is 0.465 e. The molecular formula is C18H17F2NO5. The summed E-state index contributed by atoms with van der Waals surface area (Å²) in [7, 11) is 1.22. The van der Waals surface area contributed by atoms with Crippen LogP contribution in [0.5, 0.6) is 0 Å². The molecule has 0 saturated carbocycles. The fourth-order valence-corrected chi connectivity index (χ4v) is 2.50. The average molecular weight is 365 g/mol. The van der Waals surface area contributed by atoms with Gasteiger partial charge in [-0.3, -0.25) is 4.79 Å². The van der Waals surface area contributed by atoms with Crippen molar-refractivity contribution in [2.75, 3.05) is 13.7 Å². The summed E-state index contributed by atoms with van der Waals surface area (Å²) < 4.78 is 36.1. The van der Waals surface area contributed by atoms with Gasteiger partial charge in [-0.05, 0) is 31.0 Å². The number of carbonyl (C=O) groups excluding carboxylic acids is 3. The molecule has 0 atom stereocenters. The van der Waals surface area contributed by atoms with Crippen LogP contribution in [0.15, 0.2) is 18.2 Å². The van der Waals surface area contributed by atoms with Crippen LogP contribution >= 0.6 is 0 Å². The molecule has 6 nitrogen and oxygen atoms in total. The Hall–Kier alpha value is -3.03. The van der Waals surface area contributed by atoms with Crippen LogP contribution in [-0.2, 0) is 15.9 Å². The van der Waals surface area contributed by atoms with E-state index in [1.165, 1.54) is 7.11 Å². The molecular weight excluding hydrogens is 348 g/mol. The van der Waals surface area contributed by atoms with Gasteiger partial charge in [-0.2, -0.15) is 0 Å². The van der Waals surface area contributed by atoms with Crippen LogP contribution in [0.25, 0.3) is 0 Å². The highest BCUT2D eigenvalue weighted by Crippen LogP contribution is 2.21. The highest BCUT2D eigenvalue weighted by atomic mass is 19.1. The number of rotatable bonds is 6. The first-order chi connectivity index (χ1) is 12.3. The second kappa shape index (κ2) is 7.90. The first kappa shape index (κ1) is 19.3. The van der Waals surface area contributed by atoms with E-state index >= 15 is 0 Å². The Bertz CT molecular complexity index is 873. The molecule has 2 rings (SSSR count). The highest BCUT2D eigenvalue weighted by Gasteiger charge is 2.25. The standard InChI is InChI=1S/C18H17F2NO5/c1-4-13-15(17(23)25-3)9(2)16(21-13)18(24)26-8-14(22)11-6-5-10(19)7-12(11)20/h5-7,21H,4,8H2,1-3H3. The maximum atomic E-state index is 13.6. The molecule has 26 heavy (non-hydrogen) atoms. The third-order valence-electron chi connectivity index (χ3n) is 3.84. The molecule has 0 fully saturated rings. The molecule has 0 aliphatic carbocycles. The average Bonchev–Trinajstić information content (AvgIpc) is 2.95. The van der Waals surface area contributed by atoms with E-state index in [0.29, 0.717) is 23.7 Å². The van der Waals surface area contributed by atoms with E-state index < -0.39 is 36.0 Å². The van der Waals surface area contributed by atoms with Crippen LogP contribution < -0.4 is 0 Å². The molecule has 0 aliphatic rings. The number of hydrogen-bond donors (Lipinski definition) is 1. The maximum absolute atomic E-state index is 13.6. The zero-order valence-electron chi connectivity index (χ0n) is 14.4. The number of halogens is 2. The Morgan fingerprint density at radius 2 is 1.85 bits per heavy atom. The van der Waals surface area contributed by atoms with Gasteiger partial charge in [0.1, 0.15) is 17.3 Å². The molecule has 138 valence electrons. The van der Waals surface area contributed by atoms with Gasteiger partial charge in [0.15, 0.2) is 6.61 Å². The number of Topliss-reactive ketones (excluding diaryl/α,β-unsaturated/α-hetero) is 1. The number of aromatic nitrogens is 1. The van der Waals surface area contributed by atoms with Gasteiger partial charge in [-0.25, -0.2) is 18.4 Å². The number of esters is 2. The normalized spacial score (nSPS) is 10.5. The molecule has 0 saturated heterocycles. The predicted octanol–water partition coefficient (Wildman–Crippen LogP) is 2.99. The third-order valence-corrected chi connectivity index (χ3v) is 3.84. The molecule has 0 aliphatic heterocycles. The molecule has 0 unspecified atom stereocenters. The van der Waals surface area contributed by atoms with E-state index in [9.17, 15) is 23.2 Å². The van der Waals surface area contributed by atoms with Gasteiger partial charge in [0.2, 0.25) is 5.78 Å². The SMILES string of the molecule is CCc1[nH]c(C(=O)OCC(=O)c2ccc(F)cc2F)c(C)c1C(=O)OC. The molecule has 0 spiro atoms. The molecule has 0 amide bonds. The number of methoxy groups -OCH3 is 1. The molecule has 1 N–H and O–H groups in total. The number of aromatic amines is 1. The van der Waals surface area contributed by atoms with E-state index in [-0.39, 0.29) is 16.8 Å². The minimum absolute atomic E-state index is 0.00891. The van der Waals surface area contributed by atoms with Gasteiger partial charge >= 0.3 is 11.9 Å². The quantitative estimate of drug-likeness (QED) is 0.628. The van der Waals surface area contributed by atoms with E-state index in [2.05, 4.69) is 4.98 Å². The van der Waals surface area contributed by atoms with Gasteiger partial charge in [0.05, 0.1) is 18.2 Å².